The molecule has 1 aromatic rings. The fourth-order valence-corrected chi connectivity index (χ4v) is 3.08. The van der Waals surface area contributed by atoms with Crippen LogP contribution in [-0.4, -0.2) is 58.3 Å². The maximum absolute atomic E-state index is 12.9. The predicted molar refractivity (Wildman–Crippen MR) is 82.7 cm³/mol. The van der Waals surface area contributed by atoms with Crippen molar-refractivity contribution in [1.82, 2.24) is 14.4 Å². The van der Waals surface area contributed by atoms with Gasteiger partial charge in [-0.25, -0.2) is 18.8 Å². The number of amides is 3. The van der Waals surface area contributed by atoms with Crippen molar-refractivity contribution in [3.63, 3.8) is 0 Å². The maximum Gasteiger partial charge on any atom is 0.401 e. The quantitative estimate of drug-likeness (QED) is 0.574. The number of esters is 1. The maximum atomic E-state index is 12.9. The summed E-state index contributed by atoms with van der Waals surface area (Å²) in [5.74, 6) is -0.102. The van der Waals surface area contributed by atoms with Gasteiger partial charge in [-0.1, -0.05) is 4.99 Å². The van der Waals surface area contributed by atoms with E-state index in [0.29, 0.717) is 11.8 Å². The molecule has 1 saturated heterocycles. The van der Waals surface area contributed by atoms with E-state index >= 15 is 0 Å². The van der Waals surface area contributed by atoms with Crippen LogP contribution in [0, 0.1) is 13.8 Å². The van der Waals surface area contributed by atoms with Crippen LogP contribution in [0.5, 0.6) is 0 Å². The van der Waals surface area contributed by atoms with Crippen LogP contribution >= 0.6 is 0 Å². The summed E-state index contributed by atoms with van der Waals surface area (Å²) in [5, 5.41) is 0. The first kappa shape index (κ1) is 16.2. The summed E-state index contributed by atoms with van der Waals surface area (Å²) in [4.78, 5) is 43.8. The highest BCUT2D eigenvalue weighted by atomic mass is 16.5. The van der Waals surface area contributed by atoms with E-state index in [1.165, 1.54) is 4.90 Å². The minimum absolute atomic E-state index is 0.191. The Morgan fingerprint density at radius 1 is 1.33 bits per heavy atom. The molecule has 2 aliphatic rings. The van der Waals surface area contributed by atoms with Crippen LogP contribution in [-0.2, 0) is 21.4 Å². The van der Waals surface area contributed by atoms with Gasteiger partial charge in [-0.05, 0) is 20.8 Å². The minimum atomic E-state index is -0.739. The Morgan fingerprint density at radius 3 is 2.62 bits per heavy atom. The number of amidine groups is 1. The second kappa shape index (κ2) is 5.43. The highest BCUT2D eigenvalue weighted by Crippen LogP contribution is 2.34. The van der Waals surface area contributed by atoms with Gasteiger partial charge >= 0.3 is 17.9 Å². The molecule has 0 radical (unpaired) electrons. The number of carbonyl (C=O) groups excluding carboxylic acids is 3. The van der Waals surface area contributed by atoms with E-state index in [1.807, 2.05) is 25.5 Å². The summed E-state index contributed by atoms with van der Waals surface area (Å²) in [6.45, 7) is 5.30. The van der Waals surface area contributed by atoms with E-state index in [9.17, 15) is 14.4 Å². The molecule has 0 bridgehead atoms. The smallest absolute Gasteiger partial charge is 0.401 e. The minimum Gasteiger partial charge on any atom is -0.465 e. The van der Waals surface area contributed by atoms with Crippen LogP contribution in [0.15, 0.2) is 4.99 Å². The molecular weight excluding hydrogens is 314 g/mol. The van der Waals surface area contributed by atoms with E-state index in [1.54, 1.807) is 18.5 Å². The van der Waals surface area contributed by atoms with Gasteiger partial charge in [0, 0.05) is 7.05 Å². The van der Waals surface area contributed by atoms with Gasteiger partial charge < -0.3 is 4.74 Å². The molecule has 1 aromatic heterocycles. The number of aliphatic imine (C=N–C) groups is 1. The van der Waals surface area contributed by atoms with Crippen LogP contribution in [0.1, 0.15) is 24.4 Å². The van der Waals surface area contributed by atoms with Gasteiger partial charge in [-0.3, -0.25) is 14.5 Å². The number of imidazole rings is 1. The number of imide groups is 1. The van der Waals surface area contributed by atoms with Crippen molar-refractivity contribution in [1.29, 1.82) is 0 Å². The van der Waals surface area contributed by atoms with Gasteiger partial charge in [0.15, 0.2) is 0 Å². The molecule has 3 rings (SSSR count). The Bertz CT molecular complexity index is 794. The number of ether oxygens (including phenoxy) is 1. The van der Waals surface area contributed by atoms with E-state index < -0.39 is 30.5 Å². The molecule has 1 fully saturated rings. The van der Waals surface area contributed by atoms with E-state index in [0.717, 1.165) is 16.3 Å². The van der Waals surface area contributed by atoms with Crippen LogP contribution in [0.4, 0.5) is 10.7 Å². The number of hydrogen-bond acceptors (Lipinski definition) is 5. The molecule has 1 unspecified atom stereocenters. The van der Waals surface area contributed by atoms with Crippen molar-refractivity contribution in [3.05, 3.63) is 11.4 Å². The van der Waals surface area contributed by atoms with Crippen molar-refractivity contribution in [3.8, 4) is 0 Å². The molecule has 1 atom stereocenters. The van der Waals surface area contributed by atoms with Gasteiger partial charge in [0.05, 0.1) is 13.7 Å². The summed E-state index contributed by atoms with van der Waals surface area (Å²) in [6.07, 6.45) is 0. The van der Waals surface area contributed by atoms with Crippen molar-refractivity contribution < 1.29 is 23.7 Å². The van der Waals surface area contributed by atoms with Crippen LogP contribution < -0.4 is 4.57 Å². The molecule has 2 aliphatic heterocycles. The van der Waals surface area contributed by atoms with Crippen LogP contribution in [0.25, 0.3) is 0 Å². The molecule has 0 N–H and O–H groups in total. The lowest BCUT2D eigenvalue weighted by molar-refractivity contribution is -0.663. The zero-order chi connectivity index (χ0) is 17.8. The Hall–Kier alpha value is -2.71. The zero-order valence-electron chi connectivity index (χ0n) is 14.4. The van der Waals surface area contributed by atoms with E-state index in [4.69, 9.17) is 4.74 Å². The summed E-state index contributed by atoms with van der Waals surface area (Å²) in [7, 11) is 3.41. The highest BCUT2D eigenvalue weighted by molar-refractivity contribution is 6.21. The molecule has 0 aromatic carbocycles. The summed E-state index contributed by atoms with van der Waals surface area (Å²) in [5.41, 5.74) is 1.88. The first-order valence-electron chi connectivity index (χ1n) is 7.70. The standard InChI is InChI=1S/C15H20N5O4/c1-6-24-10(21)7-19-13(22)11-12(18(5)15(19)23)16-14-17(4)8(2)9(3)20(11)14/h11H,6-7H2,1-5H3/q+1. The third kappa shape index (κ3) is 2.04. The molecule has 0 saturated carbocycles. The predicted octanol–water partition coefficient (Wildman–Crippen LogP) is -0.0288. The highest BCUT2D eigenvalue weighted by Gasteiger charge is 2.54. The Kier molecular flexibility index (Phi) is 3.66. The first-order valence-corrected chi connectivity index (χ1v) is 7.70. The largest absolute Gasteiger partial charge is 0.465 e. The molecular formula is C15H20N5O4+. The normalized spacial score (nSPS) is 19.4. The summed E-state index contributed by atoms with van der Waals surface area (Å²) in [6, 6.07) is -1.32. The first-order chi connectivity index (χ1) is 11.3. The summed E-state index contributed by atoms with van der Waals surface area (Å²) >= 11 is 0. The lowest BCUT2D eigenvalue weighted by atomic mass is 10.1. The fourth-order valence-electron chi connectivity index (χ4n) is 3.08. The average molecular weight is 334 g/mol. The number of rotatable bonds is 3. The number of nitrogens with zero attached hydrogens (tertiary/aromatic N) is 5. The third-order valence-corrected chi connectivity index (χ3v) is 4.57. The van der Waals surface area contributed by atoms with Gasteiger partial charge in [-0.15, -0.1) is 0 Å². The number of aromatic nitrogens is 2. The van der Waals surface area contributed by atoms with Crippen molar-refractivity contribution >= 4 is 29.7 Å². The number of likely N-dealkylation sites (N-methyl/N-ethyl adjacent to an activating group) is 1. The molecule has 128 valence electrons. The lowest BCUT2D eigenvalue weighted by Crippen LogP contribution is -2.58. The van der Waals surface area contributed by atoms with Crippen molar-refractivity contribution in [2.75, 3.05) is 20.2 Å². The SMILES string of the molecule is CCOC(=O)CN1C(=O)C2C(=Nc3n2c(C)c(C)[n+]3C)N(C)C1=O. The van der Waals surface area contributed by atoms with Crippen LogP contribution in [0.3, 0.4) is 0 Å². The number of carbonyl (C=O) groups is 3. The Balaban J connectivity index is 2.03. The van der Waals surface area contributed by atoms with Crippen molar-refractivity contribution in [2.24, 2.45) is 12.0 Å². The topological polar surface area (TPSA) is 88.1 Å². The second-order valence-corrected chi connectivity index (χ2v) is 5.84. The average Bonchev–Trinajstić information content (AvgIpc) is 3.03. The van der Waals surface area contributed by atoms with Crippen LogP contribution in [0.2, 0.25) is 0 Å². The molecule has 9 nitrogen and oxygen atoms in total. The van der Waals surface area contributed by atoms with Gasteiger partial charge in [-0.2, -0.15) is 0 Å². The summed E-state index contributed by atoms with van der Waals surface area (Å²) < 4.78 is 8.54. The molecule has 9 heteroatoms. The number of fused-ring (bicyclic) bond motifs is 3. The number of urea groups is 1. The Labute approximate surface area is 139 Å². The van der Waals surface area contributed by atoms with E-state index in [2.05, 4.69) is 4.99 Å². The number of hydrogen-bond donors (Lipinski definition) is 0. The molecule has 3 amide bonds. The van der Waals surface area contributed by atoms with Gasteiger partial charge in [0.2, 0.25) is 11.9 Å². The lowest BCUT2D eigenvalue weighted by Gasteiger charge is -2.32. The monoisotopic (exact) mass is 334 g/mol. The second-order valence-electron chi connectivity index (χ2n) is 5.84. The molecule has 0 aliphatic carbocycles. The molecule has 0 spiro atoms. The zero-order valence-corrected chi connectivity index (χ0v) is 14.4. The van der Waals surface area contributed by atoms with Gasteiger partial charge in [0.1, 0.15) is 17.9 Å². The van der Waals surface area contributed by atoms with E-state index in [-0.39, 0.29) is 6.61 Å². The Morgan fingerprint density at radius 2 is 2.00 bits per heavy atom. The third-order valence-electron chi connectivity index (χ3n) is 4.57. The molecule has 3 heterocycles. The molecule has 24 heavy (non-hydrogen) atoms. The van der Waals surface area contributed by atoms with Crippen molar-refractivity contribution in [2.45, 2.75) is 26.8 Å². The van der Waals surface area contributed by atoms with Gasteiger partial charge in [0.25, 0.3) is 5.91 Å². The fraction of sp³-hybridized carbons (Fsp3) is 0.533.